The fourth-order valence-electron chi connectivity index (χ4n) is 1.38. The normalized spacial score (nSPS) is 10.9. The third kappa shape index (κ3) is 7.80. The van der Waals surface area contributed by atoms with Gasteiger partial charge in [-0.2, -0.15) is 11.8 Å². The Labute approximate surface area is 130 Å². The Morgan fingerprint density at radius 1 is 1.39 bits per heavy atom. The van der Waals surface area contributed by atoms with Crippen LogP contribution in [0.5, 0.6) is 0 Å². The van der Waals surface area contributed by atoms with Crippen molar-refractivity contribution in [3.8, 4) is 0 Å². The SMILES string of the molecule is CN=C(NCCCn1ccnc1)NCCSC.I. The number of aliphatic imine (C=N–C) groups is 1. The maximum atomic E-state index is 4.16. The monoisotopic (exact) mass is 383 g/mol. The van der Waals surface area contributed by atoms with E-state index >= 15 is 0 Å². The number of halogens is 1. The van der Waals surface area contributed by atoms with Gasteiger partial charge < -0.3 is 15.2 Å². The summed E-state index contributed by atoms with van der Waals surface area (Å²) in [5, 5.41) is 6.55. The molecule has 1 aromatic rings. The van der Waals surface area contributed by atoms with Gasteiger partial charge in [0, 0.05) is 44.8 Å². The van der Waals surface area contributed by atoms with Crippen LogP contribution in [0.2, 0.25) is 0 Å². The molecular formula is C11H22IN5S. The quantitative estimate of drug-likeness (QED) is 0.324. The fraction of sp³-hybridized carbons (Fsp3) is 0.636. The lowest BCUT2D eigenvalue weighted by atomic mass is 10.4. The molecule has 1 heterocycles. The van der Waals surface area contributed by atoms with E-state index in [-0.39, 0.29) is 24.0 Å². The van der Waals surface area contributed by atoms with Gasteiger partial charge >= 0.3 is 0 Å². The number of aryl methyl sites for hydroxylation is 1. The first-order chi connectivity index (χ1) is 8.36. The van der Waals surface area contributed by atoms with E-state index in [2.05, 4.69) is 31.4 Å². The molecule has 0 bridgehead atoms. The summed E-state index contributed by atoms with van der Waals surface area (Å²) in [5.41, 5.74) is 0. The number of hydrogen-bond donors (Lipinski definition) is 2. The zero-order chi connectivity index (χ0) is 12.3. The van der Waals surface area contributed by atoms with Gasteiger partial charge in [-0.3, -0.25) is 4.99 Å². The van der Waals surface area contributed by atoms with Crippen molar-refractivity contribution in [2.45, 2.75) is 13.0 Å². The number of aromatic nitrogens is 2. The number of rotatable bonds is 7. The lowest BCUT2D eigenvalue weighted by molar-refractivity contribution is 0.625. The summed E-state index contributed by atoms with van der Waals surface area (Å²) in [6.07, 6.45) is 8.77. The summed E-state index contributed by atoms with van der Waals surface area (Å²) < 4.78 is 2.07. The van der Waals surface area contributed by atoms with Crippen LogP contribution in [0.4, 0.5) is 0 Å². The predicted molar refractivity (Wildman–Crippen MR) is 90.0 cm³/mol. The Balaban J connectivity index is 0.00000289. The van der Waals surface area contributed by atoms with Crippen LogP contribution in [-0.4, -0.2) is 47.7 Å². The molecule has 0 saturated carbocycles. The van der Waals surface area contributed by atoms with Gasteiger partial charge in [0.05, 0.1) is 6.33 Å². The summed E-state index contributed by atoms with van der Waals surface area (Å²) in [7, 11) is 1.80. The smallest absolute Gasteiger partial charge is 0.191 e. The molecule has 2 N–H and O–H groups in total. The highest BCUT2D eigenvalue weighted by molar-refractivity contribution is 14.0. The molecule has 1 aromatic heterocycles. The van der Waals surface area contributed by atoms with Crippen molar-refractivity contribution in [3.63, 3.8) is 0 Å². The minimum atomic E-state index is 0. The molecule has 0 aromatic carbocycles. The molecule has 0 atom stereocenters. The predicted octanol–water partition coefficient (Wildman–Crippen LogP) is 1.42. The van der Waals surface area contributed by atoms with Crippen LogP contribution in [0.25, 0.3) is 0 Å². The van der Waals surface area contributed by atoms with Gasteiger partial charge in [0.25, 0.3) is 0 Å². The molecule has 7 heteroatoms. The number of guanidine groups is 1. The van der Waals surface area contributed by atoms with E-state index < -0.39 is 0 Å². The number of hydrogen-bond acceptors (Lipinski definition) is 3. The molecule has 0 radical (unpaired) electrons. The highest BCUT2D eigenvalue weighted by Crippen LogP contribution is 1.89. The van der Waals surface area contributed by atoms with Crippen LogP contribution in [-0.2, 0) is 6.54 Å². The van der Waals surface area contributed by atoms with E-state index in [1.807, 2.05) is 24.3 Å². The number of imidazole rings is 1. The average molecular weight is 383 g/mol. The minimum absolute atomic E-state index is 0. The van der Waals surface area contributed by atoms with Gasteiger partial charge in [0.1, 0.15) is 0 Å². The van der Waals surface area contributed by atoms with E-state index in [0.717, 1.165) is 37.8 Å². The maximum Gasteiger partial charge on any atom is 0.191 e. The Kier molecular flexibility index (Phi) is 11.4. The van der Waals surface area contributed by atoms with Crippen molar-refractivity contribution in [3.05, 3.63) is 18.7 Å². The van der Waals surface area contributed by atoms with Gasteiger partial charge in [-0.25, -0.2) is 4.98 Å². The van der Waals surface area contributed by atoms with Crippen LogP contribution in [0.1, 0.15) is 6.42 Å². The first-order valence-electron chi connectivity index (χ1n) is 5.76. The van der Waals surface area contributed by atoms with E-state index in [1.54, 1.807) is 13.2 Å². The lowest BCUT2D eigenvalue weighted by Crippen LogP contribution is -2.39. The zero-order valence-electron chi connectivity index (χ0n) is 10.9. The molecule has 0 aliphatic rings. The first-order valence-corrected chi connectivity index (χ1v) is 7.15. The van der Waals surface area contributed by atoms with Crippen LogP contribution >= 0.6 is 35.7 Å². The van der Waals surface area contributed by atoms with Crippen molar-refractivity contribution in [2.24, 2.45) is 4.99 Å². The van der Waals surface area contributed by atoms with Crippen molar-refractivity contribution in [2.75, 3.05) is 32.1 Å². The number of nitrogens with one attached hydrogen (secondary N) is 2. The van der Waals surface area contributed by atoms with Crippen LogP contribution in [0.3, 0.4) is 0 Å². The Bertz CT molecular complexity index is 315. The van der Waals surface area contributed by atoms with Crippen molar-refractivity contribution < 1.29 is 0 Å². The second-order valence-electron chi connectivity index (χ2n) is 3.57. The second-order valence-corrected chi connectivity index (χ2v) is 4.56. The summed E-state index contributed by atoms with van der Waals surface area (Å²) in [5.74, 6) is 1.97. The van der Waals surface area contributed by atoms with Gasteiger partial charge in [0.2, 0.25) is 0 Å². The van der Waals surface area contributed by atoms with Crippen molar-refractivity contribution in [1.29, 1.82) is 0 Å². The third-order valence-electron chi connectivity index (χ3n) is 2.27. The third-order valence-corrected chi connectivity index (χ3v) is 2.88. The standard InChI is InChI=1S/C11H21N5S.HI/c1-12-11(15-6-9-17-2)14-4-3-7-16-8-5-13-10-16;/h5,8,10H,3-4,6-7,9H2,1-2H3,(H2,12,14,15);1H. The molecule has 104 valence electrons. The second kappa shape index (κ2) is 11.6. The minimum Gasteiger partial charge on any atom is -0.356 e. The fourth-order valence-corrected chi connectivity index (χ4v) is 1.69. The van der Waals surface area contributed by atoms with Gasteiger partial charge in [0.15, 0.2) is 5.96 Å². The Hall–Kier alpha value is -0.440. The van der Waals surface area contributed by atoms with Crippen molar-refractivity contribution >= 4 is 41.7 Å². The lowest BCUT2D eigenvalue weighted by Gasteiger charge is -2.11. The van der Waals surface area contributed by atoms with Crippen LogP contribution < -0.4 is 10.6 Å². The molecule has 18 heavy (non-hydrogen) atoms. The molecule has 0 fully saturated rings. The zero-order valence-corrected chi connectivity index (χ0v) is 14.1. The summed E-state index contributed by atoms with van der Waals surface area (Å²) >= 11 is 1.83. The van der Waals surface area contributed by atoms with E-state index in [4.69, 9.17) is 0 Å². The van der Waals surface area contributed by atoms with E-state index in [9.17, 15) is 0 Å². The topological polar surface area (TPSA) is 54.2 Å². The average Bonchev–Trinajstić information content (AvgIpc) is 2.85. The number of nitrogens with zero attached hydrogens (tertiary/aromatic N) is 3. The number of thioether (sulfide) groups is 1. The van der Waals surface area contributed by atoms with Gasteiger partial charge in [-0.05, 0) is 12.7 Å². The summed E-state index contributed by atoms with van der Waals surface area (Å²) in [6.45, 7) is 2.84. The molecule has 0 saturated heterocycles. The molecule has 0 amide bonds. The first kappa shape index (κ1) is 17.6. The molecule has 0 unspecified atom stereocenters. The molecule has 5 nitrogen and oxygen atoms in total. The van der Waals surface area contributed by atoms with Gasteiger partial charge in [-0.1, -0.05) is 0 Å². The molecule has 0 aliphatic heterocycles. The molecular weight excluding hydrogens is 361 g/mol. The van der Waals surface area contributed by atoms with Crippen LogP contribution in [0.15, 0.2) is 23.7 Å². The van der Waals surface area contributed by atoms with E-state index in [0.29, 0.717) is 0 Å². The summed E-state index contributed by atoms with van der Waals surface area (Å²) in [6, 6.07) is 0. The molecule has 1 rings (SSSR count). The summed E-state index contributed by atoms with van der Waals surface area (Å²) in [4.78, 5) is 8.17. The Morgan fingerprint density at radius 3 is 2.78 bits per heavy atom. The molecule has 0 spiro atoms. The largest absolute Gasteiger partial charge is 0.356 e. The Morgan fingerprint density at radius 2 is 2.17 bits per heavy atom. The van der Waals surface area contributed by atoms with E-state index in [1.165, 1.54) is 0 Å². The highest BCUT2D eigenvalue weighted by atomic mass is 127. The van der Waals surface area contributed by atoms with Gasteiger partial charge in [-0.15, -0.1) is 24.0 Å². The molecule has 0 aliphatic carbocycles. The van der Waals surface area contributed by atoms with Crippen LogP contribution in [0, 0.1) is 0 Å². The van der Waals surface area contributed by atoms with Crippen molar-refractivity contribution in [1.82, 2.24) is 20.2 Å². The maximum absolute atomic E-state index is 4.16. The highest BCUT2D eigenvalue weighted by Gasteiger charge is 1.96.